The lowest BCUT2D eigenvalue weighted by molar-refractivity contribution is -0.468. The van der Waals surface area contributed by atoms with E-state index in [0.717, 1.165) is 0 Å². The smallest absolute Gasteiger partial charge is 0.346 e. The third kappa shape index (κ3) is 2.43. The molecule has 108 valence electrons. The Morgan fingerprint density at radius 1 is 1.48 bits per heavy atom. The normalized spacial score (nSPS) is 10.3. The van der Waals surface area contributed by atoms with E-state index in [1.54, 1.807) is 12.1 Å². The van der Waals surface area contributed by atoms with E-state index in [1.165, 1.54) is 31.0 Å². The molecule has 0 aliphatic carbocycles. The lowest BCUT2D eigenvalue weighted by atomic mass is 10.2. The number of fused-ring (bicyclic) bond motifs is 1. The summed E-state index contributed by atoms with van der Waals surface area (Å²) in [5.41, 5.74) is 0.165. The minimum absolute atomic E-state index is 0.0394. The second-order valence-electron chi connectivity index (χ2n) is 4.65. The first kappa shape index (κ1) is 14.5. The van der Waals surface area contributed by atoms with Gasteiger partial charge in [-0.25, -0.2) is 0 Å². The number of aromatic nitrogens is 2. The van der Waals surface area contributed by atoms with Crippen LogP contribution in [0.25, 0.3) is 11.0 Å². The number of nitrogens with zero attached hydrogens (tertiary/aromatic N) is 4. The van der Waals surface area contributed by atoms with Crippen molar-refractivity contribution in [3.63, 3.8) is 0 Å². The first-order valence-corrected chi connectivity index (χ1v) is 6.36. The van der Waals surface area contributed by atoms with Crippen LogP contribution < -0.4 is 4.43 Å². The van der Waals surface area contributed by atoms with Crippen molar-refractivity contribution in [1.82, 2.24) is 9.63 Å². The standard InChI is InChI=1S/C14H14N4O3/c1-10-13(14(19)16(2)9-5-8-15)18(21)12-7-4-3-6-11(12)17(10)20/h3-4,6-7H,5,9H2,1-2H3. The molecule has 0 saturated heterocycles. The van der Waals surface area contributed by atoms with Crippen molar-refractivity contribution in [1.29, 1.82) is 5.26 Å². The fourth-order valence-corrected chi connectivity index (χ4v) is 2.09. The van der Waals surface area contributed by atoms with Gasteiger partial charge in [-0.3, -0.25) is 4.79 Å². The minimum atomic E-state index is -0.576. The first-order valence-electron chi connectivity index (χ1n) is 6.36. The van der Waals surface area contributed by atoms with E-state index < -0.39 is 5.91 Å². The average Bonchev–Trinajstić information content (AvgIpc) is 2.50. The quantitative estimate of drug-likeness (QED) is 0.792. The molecule has 0 saturated carbocycles. The molecule has 1 aromatic carbocycles. The van der Waals surface area contributed by atoms with E-state index in [4.69, 9.17) is 5.26 Å². The molecular weight excluding hydrogens is 272 g/mol. The fraction of sp³-hybridized carbons (Fsp3) is 0.286. The molecule has 0 unspecified atom stereocenters. The topological polar surface area (TPSA) is 95.1 Å². The molecular formula is C14H14N4O3. The third-order valence-corrected chi connectivity index (χ3v) is 3.28. The van der Waals surface area contributed by atoms with Crippen molar-refractivity contribution in [2.45, 2.75) is 13.3 Å². The van der Waals surface area contributed by atoms with Crippen molar-refractivity contribution in [2.24, 2.45) is 0 Å². The molecule has 0 spiro atoms. The van der Waals surface area contributed by atoms with Gasteiger partial charge in [0, 0.05) is 24.6 Å². The van der Waals surface area contributed by atoms with E-state index in [2.05, 4.69) is 0 Å². The van der Waals surface area contributed by atoms with Crippen molar-refractivity contribution in [3.05, 3.63) is 45.8 Å². The Bertz CT molecular complexity index is 804. The summed E-state index contributed by atoms with van der Waals surface area (Å²) < 4.78 is 1.05. The Labute approximate surface area is 120 Å². The highest BCUT2D eigenvalue weighted by Crippen LogP contribution is 2.14. The molecule has 2 aromatic rings. The van der Waals surface area contributed by atoms with Crippen LogP contribution in [0, 0.1) is 28.4 Å². The molecule has 1 amide bonds. The number of hydrogen-bond acceptors (Lipinski definition) is 4. The maximum Gasteiger partial charge on any atom is 0.346 e. The summed E-state index contributed by atoms with van der Waals surface area (Å²) in [5, 5.41) is 20.7. The van der Waals surface area contributed by atoms with Gasteiger partial charge in [0.05, 0.1) is 22.6 Å². The van der Waals surface area contributed by atoms with Gasteiger partial charge in [-0.1, -0.05) is 12.1 Å². The molecule has 0 aliphatic heterocycles. The zero-order chi connectivity index (χ0) is 15.6. The summed E-state index contributed by atoms with van der Waals surface area (Å²) in [5.74, 6) is -0.576. The second-order valence-corrected chi connectivity index (χ2v) is 4.65. The van der Waals surface area contributed by atoms with Gasteiger partial charge >= 0.3 is 11.6 Å². The highest BCUT2D eigenvalue weighted by molar-refractivity contribution is 5.93. The molecule has 7 heteroatoms. The largest absolute Gasteiger partial charge is 0.805 e. The van der Waals surface area contributed by atoms with Crippen LogP contribution in [0.15, 0.2) is 24.3 Å². The van der Waals surface area contributed by atoms with Crippen LogP contribution >= 0.6 is 0 Å². The molecule has 0 fully saturated rings. The minimum Gasteiger partial charge on any atom is -0.805 e. The Morgan fingerprint density at radius 2 is 2.14 bits per heavy atom. The lowest BCUT2D eigenvalue weighted by Gasteiger charge is -2.18. The zero-order valence-corrected chi connectivity index (χ0v) is 11.7. The van der Waals surface area contributed by atoms with E-state index in [-0.39, 0.29) is 35.4 Å². The Kier molecular flexibility index (Phi) is 3.89. The van der Waals surface area contributed by atoms with E-state index >= 15 is 0 Å². The Balaban J connectivity index is 2.62. The zero-order valence-electron chi connectivity index (χ0n) is 11.7. The molecule has 0 atom stereocenters. The summed E-state index contributed by atoms with van der Waals surface area (Å²) in [6.45, 7) is 1.62. The van der Waals surface area contributed by atoms with Gasteiger partial charge in [-0.2, -0.15) is 5.26 Å². The van der Waals surface area contributed by atoms with E-state index in [1.807, 2.05) is 6.07 Å². The van der Waals surface area contributed by atoms with Crippen LogP contribution in [-0.2, 0) is 0 Å². The van der Waals surface area contributed by atoms with Gasteiger partial charge in [0.15, 0.2) is 0 Å². The molecule has 0 bridgehead atoms. The van der Waals surface area contributed by atoms with Crippen LogP contribution in [-0.4, -0.2) is 29.1 Å². The van der Waals surface area contributed by atoms with Gasteiger partial charge < -0.3 is 14.8 Å². The third-order valence-electron chi connectivity index (χ3n) is 3.28. The summed E-state index contributed by atoms with van der Waals surface area (Å²) >= 11 is 0. The molecule has 1 aromatic heterocycles. The number of para-hydroxylation sites is 2. The first-order chi connectivity index (χ1) is 9.99. The molecule has 7 nitrogen and oxygen atoms in total. The fourth-order valence-electron chi connectivity index (χ4n) is 2.09. The average molecular weight is 286 g/mol. The van der Waals surface area contributed by atoms with Crippen molar-refractivity contribution in [3.8, 4) is 6.07 Å². The van der Waals surface area contributed by atoms with Gasteiger partial charge in [-0.15, -0.1) is 0 Å². The molecule has 1 heterocycles. The number of benzene rings is 1. The monoisotopic (exact) mass is 286 g/mol. The number of carbonyl (C=O) groups excluding carboxylic acids is 1. The summed E-state index contributed by atoms with van der Waals surface area (Å²) in [7, 11) is 1.49. The van der Waals surface area contributed by atoms with Crippen LogP contribution in [0.2, 0.25) is 0 Å². The Morgan fingerprint density at radius 3 is 2.81 bits per heavy atom. The predicted molar refractivity (Wildman–Crippen MR) is 76.0 cm³/mol. The predicted octanol–water partition coefficient (Wildman–Crippen LogP) is 1.20. The summed E-state index contributed by atoms with van der Waals surface area (Å²) in [6, 6.07) is 8.22. The van der Waals surface area contributed by atoms with Crippen molar-refractivity contribution in [2.75, 3.05) is 13.6 Å². The summed E-state index contributed by atoms with van der Waals surface area (Å²) in [4.78, 5) is 26.0. The molecule has 2 rings (SSSR count). The van der Waals surface area contributed by atoms with Gasteiger partial charge in [0.25, 0.3) is 5.52 Å². The SMILES string of the molecule is Cc1c(C(=O)N(C)CCC#N)[n+](=O)c2ccccc2n1[O-]. The highest BCUT2D eigenvalue weighted by atomic mass is 16.5. The highest BCUT2D eigenvalue weighted by Gasteiger charge is 2.29. The van der Waals surface area contributed by atoms with Crippen molar-refractivity contribution >= 4 is 16.9 Å². The maximum absolute atomic E-state index is 12.4. The van der Waals surface area contributed by atoms with E-state index in [0.29, 0.717) is 9.16 Å². The van der Waals surface area contributed by atoms with Gasteiger partial charge in [-0.05, 0) is 13.0 Å². The lowest BCUT2D eigenvalue weighted by Crippen LogP contribution is -2.38. The molecule has 0 N–H and O–H groups in total. The number of nitriles is 1. The number of amides is 1. The maximum atomic E-state index is 12.4. The molecule has 0 radical (unpaired) electrons. The number of carbonyl (C=O) groups is 1. The van der Waals surface area contributed by atoms with Crippen LogP contribution in [0.4, 0.5) is 0 Å². The van der Waals surface area contributed by atoms with Gasteiger partial charge in [0.2, 0.25) is 0 Å². The van der Waals surface area contributed by atoms with E-state index in [9.17, 15) is 14.9 Å². The van der Waals surface area contributed by atoms with Crippen LogP contribution in [0.3, 0.4) is 0 Å². The Hall–Kier alpha value is -2.88. The van der Waals surface area contributed by atoms with Crippen molar-refractivity contribution < 1.29 is 9.22 Å². The van der Waals surface area contributed by atoms with Crippen LogP contribution in [0.1, 0.15) is 22.6 Å². The molecule has 0 aliphatic rings. The molecule has 21 heavy (non-hydrogen) atoms. The second kappa shape index (κ2) is 5.63. The number of hydrogen-bond donors (Lipinski definition) is 0. The van der Waals surface area contributed by atoms with Crippen LogP contribution in [0.5, 0.6) is 0 Å². The number of rotatable bonds is 3. The summed E-state index contributed by atoms with van der Waals surface area (Å²) in [6.07, 6.45) is 0.158. The van der Waals surface area contributed by atoms with Gasteiger partial charge in [0.1, 0.15) is 5.52 Å².